The second-order valence-electron chi connectivity index (χ2n) is 8.34. The van der Waals surface area contributed by atoms with Crippen LogP contribution in [-0.4, -0.2) is 34.2 Å². The Labute approximate surface area is 195 Å². The van der Waals surface area contributed by atoms with Gasteiger partial charge in [-0.1, -0.05) is 0 Å². The van der Waals surface area contributed by atoms with Crippen molar-refractivity contribution in [3.63, 3.8) is 0 Å². The molecule has 0 fully saturated rings. The number of rotatable bonds is 3. The monoisotopic (exact) mass is 448 g/mol. The van der Waals surface area contributed by atoms with Gasteiger partial charge >= 0.3 is 0 Å². The van der Waals surface area contributed by atoms with Gasteiger partial charge in [-0.25, -0.2) is 0 Å². The lowest BCUT2D eigenvalue weighted by molar-refractivity contribution is 0.394. The van der Waals surface area contributed by atoms with Crippen molar-refractivity contribution in [1.82, 2.24) is 19.9 Å². The maximum Gasteiger partial charge on any atom is 0.123 e. The zero-order valence-electron chi connectivity index (χ0n) is 18.9. The number of aromatic nitrogens is 4. The molecule has 4 aromatic heterocycles. The van der Waals surface area contributed by atoms with E-state index >= 15 is 0 Å². The first-order valence-electron chi connectivity index (χ1n) is 11.1. The Kier molecular flexibility index (Phi) is 4.77. The molecule has 0 radical (unpaired) electrons. The quantitative estimate of drug-likeness (QED) is 0.335. The van der Waals surface area contributed by atoms with Gasteiger partial charge < -0.3 is 29.4 Å². The van der Waals surface area contributed by atoms with Gasteiger partial charge in [-0.3, -0.25) is 0 Å². The normalized spacial score (nSPS) is 12.2. The highest BCUT2D eigenvalue weighted by Gasteiger charge is 2.11. The molecule has 0 amide bonds. The van der Waals surface area contributed by atoms with E-state index < -0.39 is 0 Å². The number of hydrogen-bond acceptors (Lipinski definition) is 2. The predicted molar refractivity (Wildman–Crippen MR) is 134 cm³/mol. The van der Waals surface area contributed by atoms with Crippen LogP contribution in [0.15, 0.2) is 60.7 Å². The third kappa shape index (κ3) is 3.86. The topological polar surface area (TPSA) is 81.6 Å². The smallest absolute Gasteiger partial charge is 0.123 e. The minimum Gasteiger partial charge on any atom is -0.497 e. The number of nitrogens with one attached hydrogen (secondary N) is 4. The van der Waals surface area contributed by atoms with Crippen LogP contribution in [0.25, 0.3) is 35.4 Å². The maximum absolute atomic E-state index is 5.51. The van der Waals surface area contributed by atoms with Crippen LogP contribution in [0.2, 0.25) is 0 Å². The van der Waals surface area contributed by atoms with E-state index in [4.69, 9.17) is 9.47 Å². The van der Waals surface area contributed by atoms with E-state index in [0.29, 0.717) is 0 Å². The largest absolute Gasteiger partial charge is 0.497 e. The Bertz CT molecular complexity index is 1720. The number of ether oxygens (including phenoxy) is 2. The third-order valence-electron chi connectivity index (χ3n) is 5.96. The first kappa shape index (κ1) is 20.1. The molecule has 168 valence electrons. The lowest BCUT2D eigenvalue weighted by Gasteiger charge is -2.08. The third-order valence-corrected chi connectivity index (χ3v) is 5.96. The van der Waals surface area contributed by atoms with Crippen molar-refractivity contribution in [2.45, 2.75) is 0 Å². The molecule has 8 bridgehead atoms. The molecule has 5 aromatic rings. The molecule has 0 saturated carbocycles. The van der Waals surface area contributed by atoms with Crippen LogP contribution in [0, 0.1) is 0 Å². The van der Waals surface area contributed by atoms with Crippen LogP contribution >= 0.6 is 0 Å². The maximum atomic E-state index is 5.51. The molecule has 6 nitrogen and oxygen atoms in total. The van der Waals surface area contributed by atoms with Gasteiger partial charge in [0.2, 0.25) is 0 Å². The van der Waals surface area contributed by atoms with Crippen molar-refractivity contribution >= 4 is 24.3 Å². The molecular weight excluding hydrogens is 424 g/mol. The Morgan fingerprint density at radius 2 is 1.03 bits per heavy atom. The van der Waals surface area contributed by atoms with Gasteiger partial charge in [-0.05, 0) is 84.5 Å². The van der Waals surface area contributed by atoms with Gasteiger partial charge in [0.15, 0.2) is 0 Å². The van der Waals surface area contributed by atoms with Crippen molar-refractivity contribution < 1.29 is 9.47 Å². The van der Waals surface area contributed by atoms with Gasteiger partial charge in [0.25, 0.3) is 0 Å². The zero-order valence-corrected chi connectivity index (χ0v) is 18.9. The van der Waals surface area contributed by atoms with Crippen LogP contribution in [0.3, 0.4) is 0 Å². The van der Waals surface area contributed by atoms with E-state index in [1.54, 1.807) is 14.2 Å². The standard InChI is InChI=1S/C28H24N4O2/c1-33-25-9-17(10-26(16-25)34-2)27-14-24-13-22-6-5-20(30-22)11-18-3-4-19(29-18)12-21-7-8-23(31-21)15-28(27)32-24/h3-16,29-32H,1-2H3. The summed E-state index contributed by atoms with van der Waals surface area (Å²) in [5.74, 6) is 1.49. The highest BCUT2D eigenvalue weighted by atomic mass is 16.5. The summed E-state index contributed by atoms with van der Waals surface area (Å²) >= 11 is 0. The minimum absolute atomic E-state index is 0.747. The Morgan fingerprint density at radius 1 is 0.500 bits per heavy atom. The van der Waals surface area contributed by atoms with Gasteiger partial charge in [0.05, 0.1) is 14.2 Å². The molecule has 0 saturated heterocycles. The van der Waals surface area contributed by atoms with Crippen LogP contribution in [0.5, 0.6) is 11.5 Å². The summed E-state index contributed by atoms with van der Waals surface area (Å²) in [7, 11) is 3.33. The van der Waals surface area contributed by atoms with Gasteiger partial charge in [0.1, 0.15) is 11.5 Å². The highest BCUT2D eigenvalue weighted by molar-refractivity contribution is 5.78. The summed E-state index contributed by atoms with van der Waals surface area (Å²) in [6, 6.07) is 20.5. The molecular formula is C28H24N4O2. The van der Waals surface area contributed by atoms with Crippen molar-refractivity contribution in [3.8, 4) is 22.6 Å². The van der Waals surface area contributed by atoms with Crippen molar-refractivity contribution in [1.29, 1.82) is 0 Å². The number of hydrogen-bond donors (Lipinski definition) is 4. The molecule has 1 aliphatic heterocycles. The SMILES string of the molecule is COc1cc(OC)cc(-c2cc3[nH]c2C=c2ccc([nH]2)=Cc2ccc([nH]2)C=c2ccc([nH]2)=C3)c1. The lowest BCUT2D eigenvalue weighted by Crippen LogP contribution is -2.10. The number of fused-ring (bicyclic) bond motifs is 8. The molecule has 1 aliphatic rings. The van der Waals surface area contributed by atoms with E-state index in [1.807, 2.05) is 18.2 Å². The molecule has 1 aromatic carbocycles. The van der Waals surface area contributed by atoms with Crippen molar-refractivity contribution in [3.05, 3.63) is 105 Å². The summed E-state index contributed by atoms with van der Waals surface area (Å²) in [5.41, 5.74) is 6.12. The molecule has 0 aliphatic carbocycles. The fourth-order valence-electron chi connectivity index (χ4n) is 4.34. The van der Waals surface area contributed by atoms with E-state index in [9.17, 15) is 0 Å². The fourth-order valence-corrected chi connectivity index (χ4v) is 4.34. The molecule has 4 N–H and O–H groups in total. The first-order valence-corrected chi connectivity index (χ1v) is 11.1. The summed E-state index contributed by atoms with van der Waals surface area (Å²) < 4.78 is 11.0. The fraction of sp³-hybridized carbons (Fsp3) is 0.0714. The zero-order chi connectivity index (χ0) is 23.1. The summed E-state index contributed by atoms with van der Waals surface area (Å²) in [5, 5.41) is 4.08. The number of aromatic amines is 4. The van der Waals surface area contributed by atoms with Crippen LogP contribution < -0.4 is 30.9 Å². The summed E-state index contributed by atoms with van der Waals surface area (Å²) in [4.78, 5) is 14.0. The van der Waals surface area contributed by atoms with Gasteiger partial charge in [0, 0.05) is 55.8 Å². The minimum atomic E-state index is 0.747. The molecule has 0 spiro atoms. The summed E-state index contributed by atoms with van der Waals surface area (Å²) in [6.45, 7) is 0. The highest BCUT2D eigenvalue weighted by Crippen LogP contribution is 2.32. The Hall–Kier alpha value is -4.58. The molecule has 6 rings (SSSR count). The summed E-state index contributed by atoms with van der Waals surface area (Å²) in [6.07, 6.45) is 8.43. The lowest BCUT2D eigenvalue weighted by atomic mass is 10.0. The van der Waals surface area contributed by atoms with E-state index in [-0.39, 0.29) is 0 Å². The van der Waals surface area contributed by atoms with Crippen LogP contribution in [-0.2, 0) is 0 Å². The second kappa shape index (κ2) is 8.08. The number of H-pyrrole nitrogens is 4. The molecule has 5 heterocycles. The van der Waals surface area contributed by atoms with E-state index in [2.05, 4.69) is 86.7 Å². The number of methoxy groups -OCH3 is 2. The number of benzene rings is 1. The molecule has 0 atom stereocenters. The Balaban J connectivity index is 1.61. The van der Waals surface area contributed by atoms with Crippen LogP contribution in [0.4, 0.5) is 0 Å². The van der Waals surface area contributed by atoms with Crippen molar-refractivity contribution in [2.75, 3.05) is 14.2 Å². The van der Waals surface area contributed by atoms with Gasteiger partial charge in [-0.15, -0.1) is 0 Å². The molecule has 34 heavy (non-hydrogen) atoms. The van der Waals surface area contributed by atoms with E-state index in [1.165, 1.54) is 0 Å². The predicted octanol–water partition coefficient (Wildman–Crippen LogP) is 2.31. The average molecular weight is 449 g/mol. The van der Waals surface area contributed by atoms with Crippen LogP contribution in [0.1, 0.15) is 22.8 Å². The molecule has 6 heteroatoms. The van der Waals surface area contributed by atoms with Crippen molar-refractivity contribution in [2.24, 2.45) is 0 Å². The van der Waals surface area contributed by atoms with Gasteiger partial charge in [-0.2, -0.15) is 0 Å². The average Bonchev–Trinajstić information content (AvgIpc) is 3.64. The van der Waals surface area contributed by atoms with E-state index in [0.717, 1.165) is 66.8 Å². The molecule has 0 unspecified atom stereocenters. The second-order valence-corrected chi connectivity index (χ2v) is 8.34. The first-order chi connectivity index (χ1) is 16.6. The Morgan fingerprint density at radius 3 is 1.59 bits per heavy atom.